The Morgan fingerprint density at radius 2 is 2.04 bits per heavy atom. The average Bonchev–Trinajstić information content (AvgIpc) is 3.06. The first-order valence-corrected chi connectivity index (χ1v) is 10.7. The van der Waals surface area contributed by atoms with Crippen LogP contribution in [0.4, 0.5) is 5.69 Å². The van der Waals surface area contributed by atoms with E-state index in [2.05, 4.69) is 9.44 Å². The molecule has 1 unspecified atom stereocenters. The van der Waals surface area contributed by atoms with Crippen LogP contribution in [-0.2, 0) is 24.8 Å². The van der Waals surface area contributed by atoms with E-state index in [-0.39, 0.29) is 34.5 Å². The molecule has 0 aliphatic carbocycles. The smallest absolute Gasteiger partial charge is 0.244 e. The lowest BCUT2D eigenvalue weighted by atomic mass is 10.1. The van der Waals surface area contributed by atoms with Crippen LogP contribution in [0.2, 0.25) is 0 Å². The zero-order chi connectivity index (χ0) is 17.8. The van der Waals surface area contributed by atoms with Gasteiger partial charge in [-0.2, -0.15) is 0 Å². The highest BCUT2D eigenvalue weighted by molar-refractivity contribution is 7.92. The molecule has 8 nitrogen and oxygen atoms in total. The van der Waals surface area contributed by atoms with Gasteiger partial charge in [0.2, 0.25) is 20.0 Å². The molecule has 10 heteroatoms. The molecule has 1 aliphatic heterocycles. The zero-order valence-electron chi connectivity index (χ0n) is 13.6. The SMILES string of the molecule is CCS(=O)(=O)Nc1ccc(S(=O)(=O)NCC2CCOC2)c(OC)c1. The third-order valence-corrected chi connectivity index (χ3v) is 6.46. The van der Waals surface area contributed by atoms with Gasteiger partial charge in [-0.15, -0.1) is 0 Å². The van der Waals surface area contributed by atoms with Gasteiger partial charge >= 0.3 is 0 Å². The molecule has 0 aromatic heterocycles. The molecule has 1 aliphatic rings. The Morgan fingerprint density at radius 3 is 2.62 bits per heavy atom. The molecule has 0 saturated carbocycles. The van der Waals surface area contributed by atoms with E-state index in [1.54, 1.807) is 0 Å². The van der Waals surface area contributed by atoms with Crippen molar-refractivity contribution >= 4 is 25.7 Å². The van der Waals surface area contributed by atoms with E-state index >= 15 is 0 Å². The predicted molar refractivity (Wildman–Crippen MR) is 90.2 cm³/mol. The lowest BCUT2D eigenvalue weighted by molar-refractivity contribution is 0.186. The van der Waals surface area contributed by atoms with Gasteiger partial charge < -0.3 is 9.47 Å². The summed E-state index contributed by atoms with van der Waals surface area (Å²) in [5, 5.41) is 0. The van der Waals surface area contributed by atoms with Crippen molar-refractivity contribution in [2.24, 2.45) is 5.92 Å². The first-order valence-electron chi connectivity index (χ1n) is 7.53. The van der Waals surface area contributed by atoms with E-state index in [0.29, 0.717) is 13.2 Å². The summed E-state index contributed by atoms with van der Waals surface area (Å²) in [6, 6.07) is 4.06. The summed E-state index contributed by atoms with van der Waals surface area (Å²) in [5.74, 6) is 0.142. The van der Waals surface area contributed by atoms with Gasteiger partial charge in [-0.3, -0.25) is 4.72 Å². The Morgan fingerprint density at radius 1 is 1.29 bits per heavy atom. The van der Waals surface area contributed by atoms with Crippen molar-refractivity contribution in [2.75, 3.05) is 37.3 Å². The van der Waals surface area contributed by atoms with Gasteiger partial charge in [-0.05, 0) is 31.4 Å². The summed E-state index contributed by atoms with van der Waals surface area (Å²) in [6.45, 7) is 2.98. The highest BCUT2D eigenvalue weighted by atomic mass is 32.2. The van der Waals surface area contributed by atoms with Gasteiger partial charge in [0.05, 0.1) is 25.2 Å². The van der Waals surface area contributed by atoms with Crippen LogP contribution in [0.1, 0.15) is 13.3 Å². The maximum Gasteiger partial charge on any atom is 0.244 e. The number of benzene rings is 1. The Balaban J connectivity index is 2.19. The quantitative estimate of drug-likeness (QED) is 0.691. The first-order chi connectivity index (χ1) is 11.3. The summed E-state index contributed by atoms with van der Waals surface area (Å²) >= 11 is 0. The maximum atomic E-state index is 12.5. The van der Waals surface area contributed by atoms with Crippen LogP contribution in [0.3, 0.4) is 0 Å². The van der Waals surface area contributed by atoms with Crippen LogP contribution < -0.4 is 14.2 Å². The highest BCUT2D eigenvalue weighted by Gasteiger charge is 2.23. The zero-order valence-corrected chi connectivity index (χ0v) is 15.2. The third-order valence-electron chi connectivity index (χ3n) is 3.69. The van der Waals surface area contributed by atoms with E-state index in [9.17, 15) is 16.8 Å². The Hall–Kier alpha value is -1.36. The second-order valence-corrected chi connectivity index (χ2v) is 9.20. The Kier molecular flexibility index (Phi) is 6.07. The van der Waals surface area contributed by atoms with Crippen molar-refractivity contribution in [1.29, 1.82) is 0 Å². The minimum Gasteiger partial charge on any atom is -0.495 e. The molecule has 1 fully saturated rings. The fourth-order valence-electron chi connectivity index (χ4n) is 2.25. The molecule has 136 valence electrons. The molecule has 0 radical (unpaired) electrons. The van der Waals surface area contributed by atoms with E-state index in [0.717, 1.165) is 6.42 Å². The van der Waals surface area contributed by atoms with E-state index in [4.69, 9.17) is 9.47 Å². The van der Waals surface area contributed by atoms with Crippen molar-refractivity contribution < 1.29 is 26.3 Å². The molecule has 1 aromatic rings. The van der Waals surface area contributed by atoms with Crippen LogP contribution >= 0.6 is 0 Å². The molecule has 1 aromatic carbocycles. The highest BCUT2D eigenvalue weighted by Crippen LogP contribution is 2.28. The van der Waals surface area contributed by atoms with Crippen molar-refractivity contribution in [3.8, 4) is 5.75 Å². The molecular weight excluding hydrogens is 356 g/mol. The number of sulfonamides is 2. The molecule has 1 saturated heterocycles. The summed E-state index contributed by atoms with van der Waals surface area (Å²) < 4.78 is 63.3. The fraction of sp³-hybridized carbons (Fsp3) is 0.571. The monoisotopic (exact) mass is 378 g/mol. The Bertz CT molecular complexity index is 770. The molecule has 1 heterocycles. The van der Waals surface area contributed by atoms with E-state index in [1.165, 1.54) is 32.2 Å². The molecule has 24 heavy (non-hydrogen) atoms. The molecule has 0 bridgehead atoms. The minimum atomic E-state index is -3.76. The van der Waals surface area contributed by atoms with Crippen molar-refractivity contribution in [1.82, 2.24) is 4.72 Å². The second-order valence-electron chi connectivity index (χ2n) is 5.45. The molecular formula is C14H22N2O6S2. The summed E-state index contributed by atoms with van der Waals surface area (Å²) in [5.41, 5.74) is 0.247. The number of rotatable bonds is 8. The topological polar surface area (TPSA) is 111 Å². The lowest BCUT2D eigenvalue weighted by Gasteiger charge is -2.14. The average molecular weight is 378 g/mol. The number of hydrogen-bond acceptors (Lipinski definition) is 6. The maximum absolute atomic E-state index is 12.5. The van der Waals surface area contributed by atoms with Crippen molar-refractivity contribution in [2.45, 2.75) is 18.2 Å². The van der Waals surface area contributed by atoms with Gasteiger partial charge in [-0.1, -0.05) is 0 Å². The number of nitrogens with one attached hydrogen (secondary N) is 2. The van der Waals surface area contributed by atoms with Gasteiger partial charge in [0.25, 0.3) is 0 Å². The predicted octanol–water partition coefficient (Wildman–Crippen LogP) is 0.772. The summed E-state index contributed by atoms with van der Waals surface area (Å²) in [4.78, 5) is -0.0386. The molecule has 0 spiro atoms. The summed E-state index contributed by atoms with van der Waals surface area (Å²) in [7, 11) is -5.89. The number of hydrogen-bond donors (Lipinski definition) is 2. The number of ether oxygens (including phenoxy) is 2. The van der Waals surface area contributed by atoms with Crippen LogP contribution in [0.5, 0.6) is 5.75 Å². The second kappa shape index (κ2) is 7.68. The third kappa shape index (κ3) is 4.82. The number of methoxy groups -OCH3 is 1. The lowest BCUT2D eigenvalue weighted by Crippen LogP contribution is -2.30. The largest absolute Gasteiger partial charge is 0.495 e. The van der Waals surface area contributed by atoms with Gasteiger partial charge in [0, 0.05) is 19.2 Å². The molecule has 1 atom stereocenters. The molecule has 0 amide bonds. The van der Waals surface area contributed by atoms with Gasteiger partial charge in [0.1, 0.15) is 10.6 Å². The Labute approximate surface area is 142 Å². The van der Waals surface area contributed by atoms with Crippen LogP contribution in [0, 0.1) is 5.92 Å². The standard InChI is InChI=1S/C14H22N2O6S2/c1-3-23(17,18)16-12-4-5-14(13(8-12)21-2)24(19,20)15-9-11-6-7-22-10-11/h4-5,8,11,15-16H,3,6-7,9-10H2,1-2H3. The first kappa shape index (κ1) is 19.0. The number of anilines is 1. The molecule has 2 N–H and O–H groups in total. The normalized spacial score (nSPS) is 18.5. The van der Waals surface area contributed by atoms with Crippen LogP contribution in [0.15, 0.2) is 23.1 Å². The van der Waals surface area contributed by atoms with Gasteiger partial charge in [0.15, 0.2) is 0 Å². The fourth-order valence-corrected chi connectivity index (χ4v) is 4.15. The molecule has 2 rings (SSSR count). The van der Waals surface area contributed by atoms with E-state index in [1.807, 2.05) is 0 Å². The van der Waals surface area contributed by atoms with Gasteiger partial charge in [-0.25, -0.2) is 21.6 Å². The van der Waals surface area contributed by atoms with Crippen molar-refractivity contribution in [3.63, 3.8) is 0 Å². The minimum absolute atomic E-state index is 0.0386. The van der Waals surface area contributed by atoms with Crippen LogP contribution in [-0.4, -0.2) is 49.5 Å². The van der Waals surface area contributed by atoms with Crippen molar-refractivity contribution in [3.05, 3.63) is 18.2 Å². The van der Waals surface area contributed by atoms with Crippen LogP contribution in [0.25, 0.3) is 0 Å². The summed E-state index contributed by atoms with van der Waals surface area (Å²) in [6.07, 6.45) is 0.817. The van der Waals surface area contributed by atoms with E-state index < -0.39 is 20.0 Å².